The highest BCUT2D eigenvalue weighted by Gasteiger charge is 2.06. The Balaban J connectivity index is 2.66. The van der Waals surface area contributed by atoms with Gasteiger partial charge < -0.3 is 5.32 Å². The van der Waals surface area contributed by atoms with Gasteiger partial charge in [0.15, 0.2) is 0 Å². The fourth-order valence-electron chi connectivity index (χ4n) is 1.21. The van der Waals surface area contributed by atoms with Crippen molar-refractivity contribution in [1.82, 2.24) is 0 Å². The first-order chi connectivity index (χ1) is 6.65. The van der Waals surface area contributed by atoms with Crippen molar-refractivity contribution in [3.8, 4) is 0 Å². The molecule has 0 aliphatic heterocycles. The van der Waals surface area contributed by atoms with Gasteiger partial charge in [0.05, 0.1) is 10.7 Å². The summed E-state index contributed by atoms with van der Waals surface area (Å²) in [5, 5.41) is 3.67. The third-order valence-corrected chi connectivity index (χ3v) is 2.48. The van der Waals surface area contributed by atoms with Gasteiger partial charge in [-0.15, -0.1) is 0 Å². The molecule has 1 rings (SSSR count). The zero-order valence-electron chi connectivity index (χ0n) is 8.48. The number of para-hydroxylation sites is 1. The zero-order chi connectivity index (χ0) is 10.6. The summed E-state index contributed by atoms with van der Waals surface area (Å²) in [6.07, 6.45) is -0.290. The van der Waals surface area contributed by atoms with Gasteiger partial charge in [-0.25, -0.2) is 4.39 Å². The van der Waals surface area contributed by atoms with Crippen molar-refractivity contribution >= 4 is 17.3 Å². The quantitative estimate of drug-likeness (QED) is 0.806. The minimum Gasteiger partial charge on any atom is -0.381 e. The molecule has 0 aliphatic carbocycles. The summed E-state index contributed by atoms with van der Waals surface area (Å²) in [6, 6.07) is 5.64. The van der Waals surface area contributed by atoms with Crippen molar-refractivity contribution < 1.29 is 4.39 Å². The van der Waals surface area contributed by atoms with E-state index in [2.05, 4.69) is 5.32 Å². The van der Waals surface area contributed by atoms with Crippen molar-refractivity contribution in [2.75, 3.05) is 11.9 Å². The molecule has 1 nitrogen and oxygen atoms in total. The van der Waals surface area contributed by atoms with Crippen LogP contribution < -0.4 is 5.32 Å². The molecule has 14 heavy (non-hydrogen) atoms. The lowest BCUT2D eigenvalue weighted by molar-refractivity contribution is 0.340. The Hall–Kier alpha value is -0.760. The van der Waals surface area contributed by atoms with Crippen LogP contribution in [0.2, 0.25) is 5.02 Å². The van der Waals surface area contributed by atoms with Crippen molar-refractivity contribution in [2.45, 2.75) is 26.4 Å². The lowest BCUT2D eigenvalue weighted by Crippen LogP contribution is -2.14. The highest BCUT2D eigenvalue weighted by Crippen LogP contribution is 2.25. The Morgan fingerprint density at radius 2 is 2.21 bits per heavy atom. The van der Waals surface area contributed by atoms with Crippen LogP contribution in [-0.2, 0) is 0 Å². The molecule has 3 heteroatoms. The summed E-state index contributed by atoms with van der Waals surface area (Å²) in [5.41, 5.74) is 1.88. The lowest BCUT2D eigenvalue weighted by Gasteiger charge is -2.12. The molecule has 1 unspecified atom stereocenters. The van der Waals surface area contributed by atoms with Crippen LogP contribution in [-0.4, -0.2) is 12.7 Å². The maximum Gasteiger partial charge on any atom is 0.117 e. The van der Waals surface area contributed by atoms with Crippen LogP contribution in [0.4, 0.5) is 10.1 Å². The van der Waals surface area contributed by atoms with Crippen molar-refractivity contribution in [1.29, 1.82) is 0 Å². The topological polar surface area (TPSA) is 12.0 Å². The van der Waals surface area contributed by atoms with Crippen LogP contribution in [0.25, 0.3) is 0 Å². The number of anilines is 1. The van der Waals surface area contributed by atoms with Crippen molar-refractivity contribution in [2.24, 2.45) is 0 Å². The van der Waals surface area contributed by atoms with Crippen LogP contribution in [0, 0.1) is 6.92 Å². The number of rotatable bonds is 4. The number of aryl methyl sites for hydroxylation is 1. The molecule has 1 atom stereocenters. The summed E-state index contributed by atoms with van der Waals surface area (Å²) in [5.74, 6) is 0. The summed E-state index contributed by atoms with van der Waals surface area (Å²) in [6.45, 7) is 4.10. The Labute approximate surface area is 89.3 Å². The normalized spacial score (nSPS) is 12.6. The van der Waals surface area contributed by atoms with E-state index in [1.54, 1.807) is 6.07 Å². The van der Waals surface area contributed by atoms with E-state index in [0.29, 0.717) is 18.0 Å². The molecule has 0 spiro atoms. The molecule has 0 aliphatic rings. The standard InChI is InChI=1S/C11H15ClFN/c1-3-9(13)7-14-11-8(2)5-4-6-10(11)12/h4-6,9,14H,3,7H2,1-2H3. The first-order valence-corrected chi connectivity index (χ1v) is 5.16. The van der Waals surface area contributed by atoms with Gasteiger partial charge in [-0.1, -0.05) is 30.7 Å². The molecule has 0 bridgehead atoms. The van der Waals surface area contributed by atoms with Gasteiger partial charge >= 0.3 is 0 Å². The van der Waals surface area contributed by atoms with Crippen molar-refractivity contribution in [3.05, 3.63) is 28.8 Å². The Kier molecular flexibility index (Phi) is 4.21. The van der Waals surface area contributed by atoms with Crippen LogP contribution in [0.3, 0.4) is 0 Å². The summed E-state index contributed by atoms with van der Waals surface area (Å²) < 4.78 is 13.0. The second-order valence-corrected chi connectivity index (χ2v) is 3.73. The molecule has 1 aromatic rings. The fourth-order valence-corrected chi connectivity index (χ4v) is 1.50. The van der Waals surface area contributed by atoms with Gasteiger partial charge in [0, 0.05) is 6.54 Å². The van der Waals surface area contributed by atoms with Crippen LogP contribution >= 0.6 is 11.6 Å². The molecule has 0 heterocycles. The summed E-state index contributed by atoms with van der Waals surface area (Å²) in [4.78, 5) is 0. The van der Waals surface area contributed by atoms with E-state index in [1.165, 1.54) is 0 Å². The van der Waals surface area contributed by atoms with Crippen LogP contribution in [0.15, 0.2) is 18.2 Å². The molecule has 0 saturated heterocycles. The Morgan fingerprint density at radius 3 is 2.79 bits per heavy atom. The van der Waals surface area contributed by atoms with E-state index in [4.69, 9.17) is 11.6 Å². The van der Waals surface area contributed by atoms with Gasteiger partial charge in [0.25, 0.3) is 0 Å². The minimum atomic E-state index is -0.814. The first-order valence-electron chi connectivity index (χ1n) is 4.78. The van der Waals surface area contributed by atoms with Gasteiger partial charge in [-0.2, -0.15) is 0 Å². The average molecular weight is 216 g/mol. The van der Waals surface area contributed by atoms with E-state index in [1.807, 2.05) is 26.0 Å². The highest BCUT2D eigenvalue weighted by molar-refractivity contribution is 6.33. The summed E-state index contributed by atoms with van der Waals surface area (Å²) >= 11 is 5.97. The van der Waals surface area contributed by atoms with Gasteiger partial charge in [0.2, 0.25) is 0 Å². The number of halogens is 2. The number of hydrogen-bond acceptors (Lipinski definition) is 1. The van der Waals surface area contributed by atoms with Gasteiger partial charge in [0.1, 0.15) is 6.17 Å². The largest absolute Gasteiger partial charge is 0.381 e. The number of benzene rings is 1. The molecule has 0 fully saturated rings. The number of hydrogen-bond donors (Lipinski definition) is 1. The van der Waals surface area contributed by atoms with E-state index >= 15 is 0 Å². The molecular formula is C11H15ClFN. The van der Waals surface area contributed by atoms with Gasteiger partial charge in [-0.05, 0) is 25.0 Å². The predicted molar refractivity (Wildman–Crippen MR) is 59.9 cm³/mol. The number of nitrogens with one attached hydrogen (secondary N) is 1. The first kappa shape index (κ1) is 11.3. The molecule has 1 aromatic carbocycles. The molecule has 0 radical (unpaired) electrons. The highest BCUT2D eigenvalue weighted by atomic mass is 35.5. The monoisotopic (exact) mass is 215 g/mol. The third kappa shape index (κ3) is 2.88. The molecular weight excluding hydrogens is 201 g/mol. The van der Waals surface area contributed by atoms with E-state index < -0.39 is 6.17 Å². The molecule has 0 amide bonds. The maximum atomic E-state index is 13.0. The SMILES string of the molecule is CCC(F)CNc1c(C)cccc1Cl. The Bertz CT molecular complexity index is 281. The second kappa shape index (κ2) is 5.20. The van der Waals surface area contributed by atoms with E-state index in [-0.39, 0.29) is 0 Å². The molecule has 78 valence electrons. The van der Waals surface area contributed by atoms with Gasteiger partial charge in [-0.3, -0.25) is 0 Å². The minimum absolute atomic E-state index is 0.321. The second-order valence-electron chi connectivity index (χ2n) is 3.32. The van der Waals surface area contributed by atoms with Crippen molar-refractivity contribution in [3.63, 3.8) is 0 Å². The van der Waals surface area contributed by atoms with E-state index in [0.717, 1.165) is 11.3 Å². The summed E-state index contributed by atoms with van der Waals surface area (Å²) in [7, 11) is 0. The van der Waals surface area contributed by atoms with Crippen LogP contribution in [0.5, 0.6) is 0 Å². The lowest BCUT2D eigenvalue weighted by atomic mass is 10.2. The number of alkyl halides is 1. The fraction of sp³-hybridized carbons (Fsp3) is 0.455. The maximum absolute atomic E-state index is 13.0. The van der Waals surface area contributed by atoms with Crippen LogP contribution in [0.1, 0.15) is 18.9 Å². The predicted octanol–water partition coefficient (Wildman–Crippen LogP) is 3.81. The molecule has 0 saturated carbocycles. The Morgan fingerprint density at radius 1 is 1.50 bits per heavy atom. The zero-order valence-corrected chi connectivity index (χ0v) is 9.24. The smallest absolute Gasteiger partial charge is 0.117 e. The molecule has 1 N–H and O–H groups in total. The third-order valence-electron chi connectivity index (χ3n) is 2.17. The molecule has 0 aromatic heterocycles. The van der Waals surface area contributed by atoms with E-state index in [9.17, 15) is 4.39 Å². The average Bonchev–Trinajstić information content (AvgIpc) is 2.16.